The predicted molar refractivity (Wildman–Crippen MR) is 92.0 cm³/mol. The Morgan fingerprint density at radius 2 is 1.84 bits per heavy atom. The largest absolute Gasteiger partial charge is 0.481 e. The van der Waals surface area contributed by atoms with Crippen molar-refractivity contribution >= 4 is 17.8 Å². The number of aliphatic carboxylic acids is 1. The summed E-state index contributed by atoms with van der Waals surface area (Å²) in [5, 5.41) is 11.4. The first-order valence-electron chi connectivity index (χ1n) is 8.95. The van der Waals surface area contributed by atoms with Crippen LogP contribution in [0.4, 0.5) is 0 Å². The lowest BCUT2D eigenvalue weighted by Crippen LogP contribution is -2.49. The molecular formula is C19H24N2O4. The number of fused-ring (bicyclic) bond motifs is 1. The number of carbonyl (C=O) groups excluding carboxylic acids is 2. The Morgan fingerprint density at radius 3 is 2.56 bits per heavy atom. The third kappa shape index (κ3) is 3.83. The highest BCUT2D eigenvalue weighted by molar-refractivity contribution is 5.98. The molecule has 2 fully saturated rings. The van der Waals surface area contributed by atoms with Crippen LogP contribution in [0.5, 0.6) is 0 Å². The normalized spacial score (nSPS) is 25.3. The van der Waals surface area contributed by atoms with E-state index >= 15 is 0 Å². The fourth-order valence-electron chi connectivity index (χ4n) is 4.13. The van der Waals surface area contributed by atoms with Crippen LogP contribution in [-0.4, -0.2) is 46.4 Å². The minimum absolute atomic E-state index is 0.0906. The molecule has 1 saturated heterocycles. The summed E-state index contributed by atoms with van der Waals surface area (Å²) in [7, 11) is 0. The van der Waals surface area contributed by atoms with Gasteiger partial charge in [-0.2, -0.15) is 0 Å². The first kappa shape index (κ1) is 17.5. The fourth-order valence-corrected chi connectivity index (χ4v) is 4.13. The number of likely N-dealkylation sites (tertiary alicyclic amines) is 1. The Labute approximate surface area is 147 Å². The summed E-state index contributed by atoms with van der Waals surface area (Å²) >= 11 is 0. The molecule has 1 aliphatic heterocycles. The monoisotopic (exact) mass is 344 g/mol. The van der Waals surface area contributed by atoms with E-state index in [2.05, 4.69) is 5.32 Å². The van der Waals surface area contributed by atoms with Crippen molar-refractivity contribution in [1.82, 2.24) is 10.2 Å². The Hall–Kier alpha value is -2.37. The number of amides is 2. The fraction of sp³-hybridized carbons (Fsp3) is 0.526. The number of hydrogen-bond donors (Lipinski definition) is 2. The molecule has 2 amide bonds. The maximum absolute atomic E-state index is 13.1. The van der Waals surface area contributed by atoms with Crippen LogP contribution in [0, 0.1) is 5.92 Å². The number of hydrogen-bond acceptors (Lipinski definition) is 3. The van der Waals surface area contributed by atoms with Gasteiger partial charge in [0, 0.05) is 18.2 Å². The third-order valence-electron chi connectivity index (χ3n) is 5.28. The second-order valence-electron chi connectivity index (χ2n) is 6.88. The lowest BCUT2D eigenvalue weighted by molar-refractivity contribution is -0.137. The maximum Gasteiger partial charge on any atom is 0.305 e. The van der Waals surface area contributed by atoms with E-state index in [-0.39, 0.29) is 30.8 Å². The highest BCUT2D eigenvalue weighted by atomic mass is 16.4. The number of carboxylic acids is 1. The van der Waals surface area contributed by atoms with Crippen molar-refractivity contribution < 1.29 is 19.5 Å². The molecule has 0 radical (unpaired) electrons. The van der Waals surface area contributed by atoms with Crippen molar-refractivity contribution in [3.05, 3.63) is 35.9 Å². The van der Waals surface area contributed by atoms with Crippen molar-refractivity contribution in [2.45, 2.75) is 50.6 Å². The topological polar surface area (TPSA) is 86.7 Å². The van der Waals surface area contributed by atoms with Crippen molar-refractivity contribution in [3.8, 4) is 0 Å². The van der Waals surface area contributed by atoms with Gasteiger partial charge in [-0.1, -0.05) is 31.0 Å². The molecule has 6 heteroatoms. The van der Waals surface area contributed by atoms with Gasteiger partial charge in [0.15, 0.2) is 0 Å². The van der Waals surface area contributed by atoms with E-state index in [1.807, 2.05) is 18.2 Å². The number of carboxylic acid groups (broad SMARTS) is 1. The Kier molecular flexibility index (Phi) is 5.36. The molecule has 3 unspecified atom stereocenters. The minimum atomic E-state index is -0.947. The zero-order chi connectivity index (χ0) is 17.8. The molecule has 2 N–H and O–H groups in total. The van der Waals surface area contributed by atoms with Gasteiger partial charge in [0.25, 0.3) is 5.91 Å². The molecule has 1 heterocycles. The Bertz CT molecular complexity index is 646. The van der Waals surface area contributed by atoms with Gasteiger partial charge in [0.2, 0.25) is 5.91 Å². The van der Waals surface area contributed by atoms with Crippen molar-refractivity contribution in [2.75, 3.05) is 6.54 Å². The second-order valence-corrected chi connectivity index (χ2v) is 6.88. The molecule has 1 aliphatic carbocycles. The molecule has 25 heavy (non-hydrogen) atoms. The van der Waals surface area contributed by atoms with E-state index in [1.54, 1.807) is 17.0 Å². The highest BCUT2D eigenvalue weighted by Gasteiger charge is 2.47. The average Bonchev–Trinajstić information content (AvgIpc) is 3.01. The summed E-state index contributed by atoms with van der Waals surface area (Å²) in [6.45, 7) is 0.0906. The van der Waals surface area contributed by atoms with E-state index < -0.39 is 12.0 Å². The second kappa shape index (κ2) is 7.68. The van der Waals surface area contributed by atoms with Crippen molar-refractivity contribution in [2.24, 2.45) is 5.92 Å². The Morgan fingerprint density at radius 1 is 1.12 bits per heavy atom. The van der Waals surface area contributed by atoms with Crippen LogP contribution in [0.1, 0.15) is 48.9 Å². The van der Waals surface area contributed by atoms with Gasteiger partial charge in [0.1, 0.15) is 6.04 Å². The van der Waals surface area contributed by atoms with E-state index in [9.17, 15) is 14.4 Å². The molecule has 1 saturated carbocycles. The third-order valence-corrected chi connectivity index (χ3v) is 5.28. The van der Waals surface area contributed by atoms with Crippen molar-refractivity contribution in [3.63, 3.8) is 0 Å². The molecule has 2 aliphatic rings. The van der Waals surface area contributed by atoms with Crippen molar-refractivity contribution in [1.29, 1.82) is 0 Å². The summed E-state index contributed by atoms with van der Waals surface area (Å²) in [4.78, 5) is 38.1. The molecule has 0 aromatic heterocycles. The average molecular weight is 344 g/mol. The quantitative estimate of drug-likeness (QED) is 0.856. The molecule has 134 valence electrons. The van der Waals surface area contributed by atoms with Gasteiger partial charge >= 0.3 is 5.97 Å². The summed E-state index contributed by atoms with van der Waals surface area (Å²) in [6.07, 6.45) is 4.75. The van der Waals surface area contributed by atoms with Crippen LogP contribution in [0.3, 0.4) is 0 Å². The molecule has 3 atom stereocenters. The molecule has 3 rings (SSSR count). The van der Waals surface area contributed by atoms with E-state index in [0.717, 1.165) is 25.7 Å². The number of benzene rings is 1. The number of carbonyl (C=O) groups is 3. The van der Waals surface area contributed by atoms with E-state index in [0.29, 0.717) is 17.9 Å². The van der Waals surface area contributed by atoms with E-state index in [4.69, 9.17) is 5.11 Å². The van der Waals surface area contributed by atoms with Crippen LogP contribution in [0.15, 0.2) is 30.3 Å². The first-order chi connectivity index (χ1) is 12.1. The number of nitrogens with zero attached hydrogens (tertiary/aromatic N) is 1. The van der Waals surface area contributed by atoms with Crippen LogP contribution >= 0.6 is 0 Å². The van der Waals surface area contributed by atoms with Gasteiger partial charge in [-0.05, 0) is 37.3 Å². The van der Waals surface area contributed by atoms with Crippen LogP contribution in [0.25, 0.3) is 0 Å². The summed E-state index contributed by atoms with van der Waals surface area (Å²) in [5.41, 5.74) is 0.594. The molecular weight excluding hydrogens is 320 g/mol. The zero-order valence-corrected chi connectivity index (χ0v) is 14.2. The highest BCUT2D eigenvalue weighted by Crippen LogP contribution is 2.40. The first-order valence-corrected chi connectivity index (χ1v) is 8.95. The smallest absolute Gasteiger partial charge is 0.305 e. The molecule has 6 nitrogen and oxygen atoms in total. The summed E-state index contributed by atoms with van der Waals surface area (Å²) in [6, 6.07) is 8.66. The zero-order valence-electron chi connectivity index (χ0n) is 14.2. The van der Waals surface area contributed by atoms with Crippen LogP contribution in [0.2, 0.25) is 0 Å². The van der Waals surface area contributed by atoms with E-state index in [1.165, 1.54) is 0 Å². The molecule has 1 aromatic rings. The SMILES string of the molecule is O=C(O)CCNC(=O)C1CC2CCCCC2N1C(=O)c1ccccc1. The predicted octanol–water partition coefficient (Wildman–Crippen LogP) is 2.05. The van der Waals surface area contributed by atoms with Crippen LogP contribution in [-0.2, 0) is 9.59 Å². The molecule has 1 aromatic carbocycles. The standard InChI is InChI=1S/C19H24N2O4/c22-17(23)10-11-20-18(24)16-12-14-8-4-5-9-15(14)21(16)19(25)13-6-2-1-3-7-13/h1-3,6-7,14-16H,4-5,8-12H2,(H,20,24)(H,22,23). The number of nitrogens with one attached hydrogen (secondary N) is 1. The maximum atomic E-state index is 13.1. The molecule has 0 bridgehead atoms. The van der Waals surface area contributed by atoms with Gasteiger partial charge in [-0.15, -0.1) is 0 Å². The number of rotatable bonds is 5. The van der Waals surface area contributed by atoms with Gasteiger partial charge in [-0.25, -0.2) is 0 Å². The minimum Gasteiger partial charge on any atom is -0.481 e. The van der Waals surface area contributed by atoms with Gasteiger partial charge < -0.3 is 15.3 Å². The van der Waals surface area contributed by atoms with Crippen LogP contribution < -0.4 is 5.32 Å². The van der Waals surface area contributed by atoms with Gasteiger partial charge in [-0.3, -0.25) is 14.4 Å². The lowest BCUT2D eigenvalue weighted by atomic mass is 9.84. The van der Waals surface area contributed by atoms with Gasteiger partial charge in [0.05, 0.1) is 6.42 Å². The lowest BCUT2D eigenvalue weighted by Gasteiger charge is -2.33. The molecule has 0 spiro atoms. The Balaban J connectivity index is 1.78. The summed E-state index contributed by atoms with van der Waals surface area (Å²) in [5.74, 6) is -0.928. The summed E-state index contributed by atoms with van der Waals surface area (Å²) < 4.78 is 0.